The van der Waals surface area contributed by atoms with Crippen LogP contribution in [0.3, 0.4) is 0 Å². The van der Waals surface area contributed by atoms with Crippen LogP contribution in [0.15, 0.2) is 24.3 Å². The summed E-state index contributed by atoms with van der Waals surface area (Å²) in [6.45, 7) is 4.58. The minimum Gasteiger partial charge on any atom is -0.464 e. The summed E-state index contributed by atoms with van der Waals surface area (Å²) in [5, 5.41) is 0. The molecule has 1 aromatic carbocycles. The monoisotopic (exact) mass is 273 g/mol. The Kier molecular flexibility index (Phi) is 4.08. The van der Waals surface area contributed by atoms with Gasteiger partial charge in [-0.3, -0.25) is 0 Å². The average Bonchev–Trinajstić information content (AvgIpc) is 2.71. The normalized spacial score (nSPS) is 10.6. The lowest BCUT2D eigenvalue weighted by Gasteiger charge is -2.08. The van der Waals surface area contributed by atoms with Gasteiger partial charge in [-0.05, 0) is 25.8 Å². The van der Waals surface area contributed by atoms with E-state index in [1.165, 1.54) is 18.2 Å². The van der Waals surface area contributed by atoms with Gasteiger partial charge in [0.15, 0.2) is 5.69 Å². The molecule has 0 unspecified atom stereocenters. The summed E-state index contributed by atoms with van der Waals surface area (Å²) >= 11 is 0. The first kappa shape index (κ1) is 14.1. The summed E-state index contributed by atoms with van der Waals surface area (Å²) in [6, 6.07) is 8.32. The van der Waals surface area contributed by atoms with Crippen LogP contribution in [0.2, 0.25) is 0 Å². The van der Waals surface area contributed by atoms with E-state index >= 15 is 0 Å². The number of nitrogens with zero attached hydrogens (tertiary/aromatic N) is 2. The highest BCUT2D eigenvalue weighted by molar-refractivity contribution is 5.92. The molecule has 0 atom stereocenters. The number of aryl methyl sites for hydroxylation is 3. The number of hydrogen-bond donors (Lipinski definition) is 1. The van der Waals surface area contributed by atoms with Gasteiger partial charge in [-0.15, -0.1) is 0 Å². The number of ether oxygens (including phenoxy) is 1. The van der Waals surface area contributed by atoms with Crippen LogP contribution in [0.4, 0.5) is 5.82 Å². The molecule has 0 amide bonds. The largest absolute Gasteiger partial charge is 0.464 e. The quantitative estimate of drug-likeness (QED) is 0.866. The fourth-order valence-corrected chi connectivity index (χ4v) is 2.22. The summed E-state index contributed by atoms with van der Waals surface area (Å²) in [5.41, 5.74) is 8.63. The Labute approximate surface area is 118 Å². The topological polar surface area (TPSA) is 70.1 Å². The number of hydrogen-bond acceptors (Lipinski definition) is 4. The third-order valence-electron chi connectivity index (χ3n) is 3.28. The molecule has 2 aromatic rings. The highest BCUT2D eigenvalue weighted by Gasteiger charge is 2.18. The fraction of sp³-hybridized carbons (Fsp3) is 0.333. The Bertz CT molecular complexity index is 632. The van der Waals surface area contributed by atoms with Crippen molar-refractivity contribution in [2.24, 2.45) is 0 Å². The van der Waals surface area contributed by atoms with E-state index in [1.54, 1.807) is 0 Å². The summed E-state index contributed by atoms with van der Waals surface area (Å²) < 4.78 is 6.51. The molecule has 0 aliphatic rings. The predicted octanol–water partition coefficient (Wildman–Crippen LogP) is 2.11. The van der Waals surface area contributed by atoms with Crippen molar-refractivity contribution in [3.8, 4) is 0 Å². The summed E-state index contributed by atoms with van der Waals surface area (Å²) in [5.74, 6) is 0.581. The molecule has 1 aromatic heterocycles. The molecular formula is C15H19N3O2. The third kappa shape index (κ3) is 2.82. The number of benzene rings is 1. The lowest BCUT2D eigenvalue weighted by Crippen LogP contribution is -2.10. The van der Waals surface area contributed by atoms with E-state index in [4.69, 9.17) is 5.73 Å². The summed E-state index contributed by atoms with van der Waals surface area (Å²) in [6.07, 6.45) is 0.837. The molecule has 2 rings (SSSR count). The van der Waals surface area contributed by atoms with Crippen LogP contribution in [0.25, 0.3) is 0 Å². The number of rotatable bonds is 4. The molecule has 5 nitrogen and oxygen atoms in total. The molecule has 20 heavy (non-hydrogen) atoms. The van der Waals surface area contributed by atoms with Crippen LogP contribution in [0.1, 0.15) is 27.4 Å². The van der Waals surface area contributed by atoms with E-state index in [0.717, 1.165) is 12.2 Å². The van der Waals surface area contributed by atoms with E-state index < -0.39 is 5.97 Å². The molecule has 0 fully saturated rings. The summed E-state index contributed by atoms with van der Waals surface area (Å²) in [4.78, 5) is 15.7. The van der Waals surface area contributed by atoms with Gasteiger partial charge >= 0.3 is 5.97 Å². The van der Waals surface area contributed by atoms with E-state index in [1.807, 2.05) is 17.6 Å². The molecule has 0 spiro atoms. The zero-order valence-corrected chi connectivity index (χ0v) is 12.0. The number of carbonyl (C=O) groups is 1. The van der Waals surface area contributed by atoms with E-state index in [0.29, 0.717) is 12.4 Å². The molecule has 0 aliphatic heterocycles. The van der Waals surface area contributed by atoms with Gasteiger partial charge in [-0.2, -0.15) is 0 Å². The zero-order valence-electron chi connectivity index (χ0n) is 12.0. The van der Waals surface area contributed by atoms with Crippen molar-refractivity contribution in [1.29, 1.82) is 0 Å². The second-order valence-electron chi connectivity index (χ2n) is 4.78. The molecule has 0 saturated carbocycles. The molecule has 106 valence electrons. The minimum atomic E-state index is -0.500. The van der Waals surface area contributed by atoms with Crippen LogP contribution < -0.4 is 5.73 Å². The van der Waals surface area contributed by atoms with Gasteiger partial charge in [-0.1, -0.05) is 29.8 Å². The zero-order chi connectivity index (χ0) is 14.7. The number of carbonyl (C=O) groups excluding carboxylic acids is 1. The Hall–Kier alpha value is -2.30. The lowest BCUT2D eigenvalue weighted by molar-refractivity contribution is 0.0595. The number of aromatic nitrogens is 2. The second kappa shape index (κ2) is 5.77. The van der Waals surface area contributed by atoms with Crippen molar-refractivity contribution in [3.63, 3.8) is 0 Å². The average molecular weight is 273 g/mol. The third-order valence-corrected chi connectivity index (χ3v) is 3.28. The number of imidazole rings is 1. The first-order valence-corrected chi connectivity index (χ1v) is 6.49. The van der Waals surface area contributed by atoms with Gasteiger partial charge < -0.3 is 15.0 Å². The van der Waals surface area contributed by atoms with E-state index in [2.05, 4.69) is 34.8 Å². The number of nitrogens with two attached hydrogens (primary N) is 1. The van der Waals surface area contributed by atoms with Crippen molar-refractivity contribution in [3.05, 3.63) is 46.9 Å². The Morgan fingerprint density at radius 2 is 2.15 bits per heavy atom. The predicted molar refractivity (Wildman–Crippen MR) is 77.6 cm³/mol. The molecular weight excluding hydrogens is 254 g/mol. The van der Waals surface area contributed by atoms with Gasteiger partial charge in [-0.25, -0.2) is 9.78 Å². The van der Waals surface area contributed by atoms with Gasteiger partial charge in [0.2, 0.25) is 0 Å². The first-order valence-electron chi connectivity index (χ1n) is 6.49. The fourth-order valence-electron chi connectivity index (χ4n) is 2.22. The Morgan fingerprint density at radius 3 is 2.80 bits per heavy atom. The van der Waals surface area contributed by atoms with Crippen LogP contribution in [0.5, 0.6) is 0 Å². The van der Waals surface area contributed by atoms with Crippen LogP contribution in [-0.2, 0) is 17.7 Å². The van der Waals surface area contributed by atoms with Crippen LogP contribution >= 0.6 is 0 Å². The molecule has 0 aliphatic carbocycles. The summed E-state index contributed by atoms with van der Waals surface area (Å²) in [7, 11) is 1.32. The molecule has 2 N–H and O–H groups in total. The number of nitrogen functional groups attached to an aromatic ring is 1. The highest BCUT2D eigenvalue weighted by Crippen LogP contribution is 2.16. The van der Waals surface area contributed by atoms with Crippen LogP contribution in [0, 0.1) is 13.8 Å². The Balaban J connectivity index is 2.18. The first-order chi connectivity index (χ1) is 9.52. The van der Waals surface area contributed by atoms with Gasteiger partial charge in [0.25, 0.3) is 0 Å². The van der Waals surface area contributed by atoms with Crippen LogP contribution in [-0.4, -0.2) is 22.6 Å². The smallest absolute Gasteiger partial charge is 0.360 e. The molecule has 1 heterocycles. The highest BCUT2D eigenvalue weighted by atomic mass is 16.5. The molecule has 5 heteroatoms. The maximum atomic E-state index is 11.5. The molecule has 0 bridgehead atoms. The lowest BCUT2D eigenvalue weighted by atomic mass is 10.1. The van der Waals surface area contributed by atoms with E-state index in [9.17, 15) is 4.79 Å². The maximum absolute atomic E-state index is 11.5. The van der Waals surface area contributed by atoms with Gasteiger partial charge in [0.1, 0.15) is 11.6 Å². The number of methoxy groups -OCH3 is 1. The van der Waals surface area contributed by atoms with Crippen molar-refractivity contribution in [1.82, 2.24) is 9.55 Å². The van der Waals surface area contributed by atoms with Crippen molar-refractivity contribution in [2.45, 2.75) is 26.8 Å². The standard InChI is InChI=1S/C15H19N3O2/c1-10-5-4-6-12(9-10)7-8-18-11(2)17-13(14(18)16)15(19)20-3/h4-6,9H,7-8,16H2,1-3H3. The second-order valence-corrected chi connectivity index (χ2v) is 4.78. The Morgan fingerprint density at radius 1 is 1.40 bits per heavy atom. The SMILES string of the molecule is COC(=O)c1nc(C)n(CCc2cccc(C)c2)c1N. The molecule has 0 saturated heterocycles. The molecule has 0 radical (unpaired) electrons. The van der Waals surface area contributed by atoms with Crippen molar-refractivity contribution >= 4 is 11.8 Å². The van der Waals surface area contributed by atoms with Crippen molar-refractivity contribution in [2.75, 3.05) is 12.8 Å². The maximum Gasteiger partial charge on any atom is 0.360 e. The number of esters is 1. The minimum absolute atomic E-state index is 0.189. The van der Waals surface area contributed by atoms with E-state index in [-0.39, 0.29) is 5.69 Å². The van der Waals surface area contributed by atoms with Gasteiger partial charge in [0, 0.05) is 6.54 Å². The number of anilines is 1. The van der Waals surface area contributed by atoms with Crippen molar-refractivity contribution < 1.29 is 9.53 Å². The van der Waals surface area contributed by atoms with Gasteiger partial charge in [0.05, 0.1) is 7.11 Å².